The molecule has 0 saturated carbocycles. The van der Waals surface area contributed by atoms with Crippen molar-refractivity contribution in [1.82, 2.24) is 4.98 Å². The van der Waals surface area contributed by atoms with Crippen molar-refractivity contribution in [2.75, 3.05) is 6.61 Å². The predicted octanol–water partition coefficient (Wildman–Crippen LogP) is 4.09. The number of carbonyl (C=O) groups excluding carboxylic acids is 2. The van der Waals surface area contributed by atoms with Gasteiger partial charge in [0.2, 0.25) is 0 Å². The Morgan fingerprint density at radius 3 is 2.21 bits per heavy atom. The largest absolute Gasteiger partial charge is 0.462 e. The van der Waals surface area contributed by atoms with Crippen molar-refractivity contribution in [2.45, 2.75) is 6.92 Å². The normalized spacial score (nSPS) is 10.4. The van der Waals surface area contributed by atoms with E-state index in [-0.39, 0.29) is 18.0 Å². The van der Waals surface area contributed by atoms with E-state index in [1.807, 2.05) is 36.4 Å². The number of hydrogen-bond acceptors (Lipinski definition) is 3. The standard InChI is InChI=1S/C20H17NO3/c1-2-24-20(23)17-16(19(22)15-11-7-4-8-12-15)13-21-18(17)14-9-5-3-6-10-14/h3-13,21H,2H2,1H3. The van der Waals surface area contributed by atoms with Crippen molar-refractivity contribution >= 4 is 11.8 Å². The van der Waals surface area contributed by atoms with E-state index in [0.717, 1.165) is 5.56 Å². The molecular weight excluding hydrogens is 302 g/mol. The second-order valence-electron chi connectivity index (χ2n) is 5.23. The van der Waals surface area contributed by atoms with Crippen LogP contribution in [0.5, 0.6) is 0 Å². The van der Waals surface area contributed by atoms with Gasteiger partial charge in [-0.25, -0.2) is 4.79 Å². The molecule has 3 aromatic rings. The van der Waals surface area contributed by atoms with Crippen molar-refractivity contribution in [1.29, 1.82) is 0 Å². The Kier molecular flexibility index (Phi) is 4.57. The molecule has 0 saturated heterocycles. The summed E-state index contributed by atoms with van der Waals surface area (Å²) < 4.78 is 5.16. The molecular formula is C20H17NO3. The van der Waals surface area contributed by atoms with Gasteiger partial charge >= 0.3 is 5.97 Å². The number of ether oxygens (including phenoxy) is 1. The number of aromatic amines is 1. The first-order valence-corrected chi connectivity index (χ1v) is 7.76. The second-order valence-corrected chi connectivity index (χ2v) is 5.23. The average Bonchev–Trinajstić information content (AvgIpc) is 3.08. The fourth-order valence-corrected chi connectivity index (χ4v) is 2.60. The van der Waals surface area contributed by atoms with Gasteiger partial charge in [0.15, 0.2) is 5.78 Å². The lowest BCUT2D eigenvalue weighted by atomic mass is 9.99. The molecule has 120 valence electrons. The van der Waals surface area contributed by atoms with Crippen LogP contribution < -0.4 is 0 Å². The van der Waals surface area contributed by atoms with Crippen LogP contribution in [0.1, 0.15) is 33.2 Å². The summed E-state index contributed by atoms with van der Waals surface area (Å²) >= 11 is 0. The van der Waals surface area contributed by atoms with Gasteiger partial charge in [-0.3, -0.25) is 4.79 Å². The number of esters is 1. The Balaban J connectivity index is 2.12. The van der Waals surface area contributed by atoms with Gasteiger partial charge in [0.05, 0.1) is 23.4 Å². The summed E-state index contributed by atoms with van der Waals surface area (Å²) in [5.41, 5.74) is 2.54. The topological polar surface area (TPSA) is 59.2 Å². The van der Waals surface area contributed by atoms with Crippen molar-refractivity contribution in [3.8, 4) is 11.3 Å². The Bertz CT molecular complexity index is 851. The summed E-state index contributed by atoms with van der Waals surface area (Å²) in [6.45, 7) is 1.99. The molecule has 1 N–H and O–H groups in total. The summed E-state index contributed by atoms with van der Waals surface area (Å²) in [6, 6.07) is 18.3. The summed E-state index contributed by atoms with van der Waals surface area (Å²) in [5, 5.41) is 0. The maximum Gasteiger partial charge on any atom is 0.341 e. The molecule has 0 fully saturated rings. The van der Waals surface area contributed by atoms with Gasteiger partial charge in [0.1, 0.15) is 0 Å². The predicted molar refractivity (Wildman–Crippen MR) is 92.1 cm³/mol. The van der Waals surface area contributed by atoms with Crippen molar-refractivity contribution in [3.63, 3.8) is 0 Å². The van der Waals surface area contributed by atoms with Crippen LogP contribution in [0.3, 0.4) is 0 Å². The molecule has 0 unspecified atom stereocenters. The van der Waals surface area contributed by atoms with Crippen LogP contribution in [0, 0.1) is 0 Å². The molecule has 4 nitrogen and oxygen atoms in total. The number of aromatic nitrogens is 1. The zero-order chi connectivity index (χ0) is 16.9. The third kappa shape index (κ3) is 2.99. The Hall–Kier alpha value is -3.14. The monoisotopic (exact) mass is 319 g/mol. The van der Waals surface area contributed by atoms with Crippen molar-refractivity contribution in [2.24, 2.45) is 0 Å². The van der Waals surface area contributed by atoms with E-state index in [0.29, 0.717) is 16.8 Å². The van der Waals surface area contributed by atoms with Crippen LogP contribution in [0.2, 0.25) is 0 Å². The van der Waals surface area contributed by atoms with E-state index in [1.165, 1.54) is 0 Å². The number of rotatable bonds is 5. The highest BCUT2D eigenvalue weighted by molar-refractivity contribution is 6.16. The van der Waals surface area contributed by atoms with Gasteiger partial charge in [-0.05, 0) is 12.5 Å². The highest BCUT2D eigenvalue weighted by Gasteiger charge is 2.25. The van der Waals surface area contributed by atoms with E-state index in [9.17, 15) is 9.59 Å². The maximum atomic E-state index is 12.8. The molecule has 1 aromatic heterocycles. The summed E-state index contributed by atoms with van der Waals surface area (Å²) in [4.78, 5) is 28.3. The maximum absolute atomic E-state index is 12.8. The van der Waals surface area contributed by atoms with E-state index >= 15 is 0 Å². The van der Waals surface area contributed by atoms with Gasteiger partial charge in [-0.2, -0.15) is 0 Å². The minimum atomic E-state index is -0.503. The molecule has 3 rings (SSSR count). The van der Waals surface area contributed by atoms with Crippen LogP contribution in [0.25, 0.3) is 11.3 Å². The molecule has 0 spiro atoms. The van der Waals surface area contributed by atoms with Crippen LogP contribution in [0.15, 0.2) is 66.9 Å². The lowest BCUT2D eigenvalue weighted by Crippen LogP contribution is -2.11. The molecule has 2 aromatic carbocycles. The number of ketones is 1. The first kappa shape index (κ1) is 15.7. The lowest BCUT2D eigenvalue weighted by molar-refractivity contribution is 0.0525. The highest BCUT2D eigenvalue weighted by atomic mass is 16.5. The first-order valence-electron chi connectivity index (χ1n) is 7.76. The van der Waals surface area contributed by atoms with Crippen LogP contribution >= 0.6 is 0 Å². The fraction of sp³-hybridized carbons (Fsp3) is 0.100. The van der Waals surface area contributed by atoms with Crippen molar-refractivity contribution in [3.05, 3.63) is 83.6 Å². The second kappa shape index (κ2) is 6.96. The Labute approximate surface area is 140 Å². The van der Waals surface area contributed by atoms with E-state index in [4.69, 9.17) is 4.74 Å². The number of nitrogens with one attached hydrogen (secondary N) is 1. The molecule has 0 amide bonds. The zero-order valence-electron chi connectivity index (χ0n) is 13.3. The Morgan fingerprint density at radius 2 is 1.58 bits per heavy atom. The smallest absolute Gasteiger partial charge is 0.341 e. The first-order chi connectivity index (χ1) is 11.7. The molecule has 4 heteroatoms. The van der Waals surface area contributed by atoms with Crippen LogP contribution in [-0.2, 0) is 4.74 Å². The third-order valence-corrected chi connectivity index (χ3v) is 3.70. The molecule has 0 atom stereocenters. The van der Waals surface area contributed by atoms with Gasteiger partial charge in [-0.1, -0.05) is 60.7 Å². The lowest BCUT2D eigenvalue weighted by Gasteiger charge is -2.07. The molecule has 0 aliphatic heterocycles. The molecule has 1 heterocycles. The Morgan fingerprint density at radius 1 is 0.958 bits per heavy atom. The molecule has 0 bridgehead atoms. The summed E-state index contributed by atoms with van der Waals surface area (Å²) in [6.07, 6.45) is 1.57. The fourth-order valence-electron chi connectivity index (χ4n) is 2.60. The minimum absolute atomic E-state index is 0.211. The molecule has 0 radical (unpaired) electrons. The SMILES string of the molecule is CCOC(=O)c1c(C(=O)c2ccccc2)c[nH]c1-c1ccccc1. The van der Waals surface area contributed by atoms with Gasteiger partial charge < -0.3 is 9.72 Å². The van der Waals surface area contributed by atoms with Gasteiger partial charge in [0, 0.05) is 11.8 Å². The third-order valence-electron chi connectivity index (χ3n) is 3.70. The molecule has 0 aliphatic rings. The summed E-state index contributed by atoms with van der Waals surface area (Å²) in [5.74, 6) is -0.714. The summed E-state index contributed by atoms with van der Waals surface area (Å²) in [7, 11) is 0. The van der Waals surface area contributed by atoms with E-state index < -0.39 is 5.97 Å². The zero-order valence-corrected chi connectivity index (χ0v) is 13.3. The van der Waals surface area contributed by atoms with Gasteiger partial charge in [0.25, 0.3) is 0 Å². The van der Waals surface area contributed by atoms with E-state index in [2.05, 4.69) is 4.98 Å². The number of benzene rings is 2. The highest BCUT2D eigenvalue weighted by Crippen LogP contribution is 2.27. The number of H-pyrrole nitrogens is 1. The van der Waals surface area contributed by atoms with E-state index in [1.54, 1.807) is 37.4 Å². The van der Waals surface area contributed by atoms with Crippen LogP contribution in [-0.4, -0.2) is 23.3 Å². The number of carbonyl (C=O) groups is 2. The van der Waals surface area contributed by atoms with Crippen molar-refractivity contribution < 1.29 is 14.3 Å². The van der Waals surface area contributed by atoms with Crippen LogP contribution in [0.4, 0.5) is 0 Å². The quantitative estimate of drug-likeness (QED) is 0.569. The molecule has 24 heavy (non-hydrogen) atoms. The average molecular weight is 319 g/mol. The van der Waals surface area contributed by atoms with Gasteiger partial charge in [-0.15, -0.1) is 0 Å². The minimum Gasteiger partial charge on any atom is -0.462 e. The molecule has 0 aliphatic carbocycles. The number of hydrogen-bond donors (Lipinski definition) is 1.